The summed E-state index contributed by atoms with van der Waals surface area (Å²) >= 11 is 0. The zero-order valence-corrected chi connectivity index (χ0v) is 16.3. The highest BCUT2D eigenvalue weighted by atomic mass is 32.2. The Morgan fingerprint density at radius 1 is 1.13 bits per heavy atom. The van der Waals surface area contributed by atoms with Crippen molar-refractivity contribution >= 4 is 15.8 Å². The summed E-state index contributed by atoms with van der Waals surface area (Å²) in [5, 5.41) is 3.66. The molecule has 1 aromatic heterocycles. The third-order valence-electron chi connectivity index (χ3n) is 3.86. The van der Waals surface area contributed by atoms with Gasteiger partial charge in [-0.1, -0.05) is 29.4 Å². The molecule has 0 radical (unpaired) electrons. The lowest BCUT2D eigenvalue weighted by atomic mass is 10.1. The highest BCUT2D eigenvalue weighted by Gasteiger charge is 2.30. The van der Waals surface area contributed by atoms with Gasteiger partial charge >= 0.3 is 12.1 Å². The van der Waals surface area contributed by atoms with Gasteiger partial charge in [-0.3, -0.25) is 0 Å². The van der Waals surface area contributed by atoms with E-state index in [2.05, 4.69) is 10.1 Å². The van der Waals surface area contributed by atoms with E-state index in [1.165, 1.54) is 30.3 Å². The zero-order chi connectivity index (χ0) is 21.9. The van der Waals surface area contributed by atoms with E-state index in [1.807, 2.05) is 0 Å². The van der Waals surface area contributed by atoms with Crippen LogP contribution in [0.3, 0.4) is 0 Å². The number of benzene rings is 2. The average molecular weight is 440 g/mol. The molecule has 0 amide bonds. The summed E-state index contributed by atoms with van der Waals surface area (Å²) in [5.41, 5.74) is 0.0905. The number of carbonyl (C=O) groups is 1. The maximum absolute atomic E-state index is 12.6. The number of hydrogen-bond donors (Lipinski definition) is 0. The minimum absolute atomic E-state index is 0.0462. The molecule has 0 fully saturated rings. The van der Waals surface area contributed by atoms with Gasteiger partial charge in [0.25, 0.3) is 5.89 Å². The van der Waals surface area contributed by atoms with Gasteiger partial charge in [0.2, 0.25) is 5.82 Å². The van der Waals surface area contributed by atoms with E-state index in [0.717, 1.165) is 18.4 Å². The van der Waals surface area contributed by atoms with E-state index in [-0.39, 0.29) is 29.6 Å². The van der Waals surface area contributed by atoms with E-state index in [9.17, 15) is 26.4 Å². The van der Waals surface area contributed by atoms with Gasteiger partial charge in [-0.25, -0.2) is 13.2 Å². The fraction of sp³-hybridized carbons (Fsp3) is 0.211. The molecule has 0 atom stereocenters. The molecule has 158 valence electrons. The molecule has 3 rings (SSSR count). The van der Waals surface area contributed by atoms with Crippen molar-refractivity contribution in [3.8, 4) is 11.4 Å². The molecule has 0 spiro atoms. The molecule has 30 heavy (non-hydrogen) atoms. The van der Waals surface area contributed by atoms with Crippen LogP contribution < -0.4 is 0 Å². The van der Waals surface area contributed by atoms with E-state index in [0.29, 0.717) is 11.1 Å². The van der Waals surface area contributed by atoms with Gasteiger partial charge in [-0.05, 0) is 29.8 Å². The number of aromatic nitrogens is 2. The first-order chi connectivity index (χ1) is 14.0. The monoisotopic (exact) mass is 440 g/mol. The van der Waals surface area contributed by atoms with Crippen LogP contribution in [0.15, 0.2) is 53.1 Å². The Balaban J connectivity index is 1.64. The first-order valence-electron chi connectivity index (χ1n) is 8.45. The van der Waals surface area contributed by atoms with Gasteiger partial charge < -0.3 is 9.26 Å². The quantitative estimate of drug-likeness (QED) is 0.540. The Labute approximate surface area is 169 Å². The van der Waals surface area contributed by atoms with Crippen molar-refractivity contribution in [3.05, 3.63) is 71.1 Å². The second-order valence-corrected chi connectivity index (χ2v) is 8.57. The van der Waals surface area contributed by atoms with Gasteiger partial charge in [-0.15, -0.1) is 0 Å². The number of ether oxygens (including phenoxy) is 1. The first kappa shape index (κ1) is 21.5. The third kappa shape index (κ3) is 5.66. The number of sulfone groups is 1. The number of rotatable bonds is 6. The maximum atomic E-state index is 12.6. The van der Waals surface area contributed by atoms with Crippen molar-refractivity contribution in [1.29, 1.82) is 0 Å². The Bertz CT molecular complexity index is 1160. The molecule has 0 bridgehead atoms. The number of alkyl halides is 3. The third-order valence-corrected chi connectivity index (χ3v) is 4.71. The summed E-state index contributed by atoms with van der Waals surface area (Å²) in [6, 6.07) is 10.2. The number of esters is 1. The van der Waals surface area contributed by atoms with Crippen LogP contribution in [-0.2, 0) is 33.1 Å². The second kappa shape index (κ2) is 8.27. The Hall–Kier alpha value is -3.21. The molecule has 0 aliphatic carbocycles. The van der Waals surface area contributed by atoms with Crippen LogP contribution in [0.4, 0.5) is 13.2 Å². The molecular weight excluding hydrogens is 425 g/mol. The predicted octanol–water partition coefficient (Wildman–Crippen LogP) is 3.66. The van der Waals surface area contributed by atoms with Crippen molar-refractivity contribution in [2.75, 3.05) is 6.26 Å². The largest absolute Gasteiger partial charge is 0.452 e. The molecular formula is C19H15F3N2O5S. The molecule has 2 aromatic carbocycles. The van der Waals surface area contributed by atoms with Gasteiger partial charge in [0.1, 0.15) is 0 Å². The number of nitrogens with zero attached hydrogens (tertiary/aromatic N) is 2. The summed E-state index contributed by atoms with van der Waals surface area (Å²) in [7, 11) is -3.26. The number of halogens is 3. The second-order valence-electron chi connectivity index (χ2n) is 6.43. The molecule has 0 aliphatic heterocycles. The first-order valence-corrected chi connectivity index (χ1v) is 10.5. The minimum Gasteiger partial charge on any atom is -0.452 e. The summed E-state index contributed by atoms with van der Waals surface area (Å²) in [6.45, 7) is -0.358. The summed E-state index contributed by atoms with van der Waals surface area (Å²) < 4.78 is 70.7. The topological polar surface area (TPSA) is 99.4 Å². The average Bonchev–Trinajstić information content (AvgIpc) is 3.13. The molecule has 7 nitrogen and oxygen atoms in total. The minimum atomic E-state index is -4.45. The highest BCUT2D eigenvalue weighted by molar-refractivity contribution is 7.89. The van der Waals surface area contributed by atoms with Crippen molar-refractivity contribution in [2.24, 2.45) is 0 Å². The fourth-order valence-corrected chi connectivity index (χ4v) is 3.33. The molecule has 0 saturated carbocycles. The van der Waals surface area contributed by atoms with E-state index in [1.54, 1.807) is 6.07 Å². The van der Waals surface area contributed by atoms with Crippen LogP contribution in [0.1, 0.15) is 27.4 Å². The predicted molar refractivity (Wildman–Crippen MR) is 98.8 cm³/mol. The molecule has 0 aliphatic rings. The van der Waals surface area contributed by atoms with E-state index in [4.69, 9.17) is 9.26 Å². The van der Waals surface area contributed by atoms with E-state index >= 15 is 0 Å². The molecule has 0 unspecified atom stereocenters. The number of carbonyl (C=O) groups excluding carboxylic acids is 1. The summed E-state index contributed by atoms with van der Waals surface area (Å²) in [6.07, 6.45) is -3.37. The molecule has 0 N–H and O–H groups in total. The highest BCUT2D eigenvalue weighted by Crippen LogP contribution is 2.30. The molecule has 3 aromatic rings. The Morgan fingerprint density at radius 3 is 2.47 bits per heavy atom. The fourth-order valence-electron chi connectivity index (χ4n) is 2.54. The van der Waals surface area contributed by atoms with E-state index < -0.39 is 27.5 Å². The summed E-state index contributed by atoms with van der Waals surface area (Å²) in [4.78, 5) is 16.2. The maximum Gasteiger partial charge on any atom is 0.416 e. The van der Waals surface area contributed by atoms with Gasteiger partial charge in [0, 0.05) is 11.8 Å². The van der Waals surface area contributed by atoms with Crippen LogP contribution in [0.25, 0.3) is 11.4 Å². The van der Waals surface area contributed by atoms with Crippen LogP contribution >= 0.6 is 0 Å². The Kier molecular flexibility index (Phi) is 5.92. The van der Waals surface area contributed by atoms with Gasteiger partial charge in [0.15, 0.2) is 16.4 Å². The van der Waals surface area contributed by atoms with Crippen LogP contribution in [-0.4, -0.2) is 30.8 Å². The van der Waals surface area contributed by atoms with Crippen molar-refractivity contribution in [3.63, 3.8) is 0 Å². The van der Waals surface area contributed by atoms with Crippen molar-refractivity contribution in [1.82, 2.24) is 10.1 Å². The number of hydrogen-bond acceptors (Lipinski definition) is 7. The van der Waals surface area contributed by atoms with Crippen LogP contribution in [0.2, 0.25) is 0 Å². The van der Waals surface area contributed by atoms with Crippen molar-refractivity contribution in [2.45, 2.75) is 18.5 Å². The normalized spacial score (nSPS) is 12.0. The SMILES string of the molecule is CS(=O)(=O)Cc1cccc(C(=O)OCc2nc(-c3ccc(C(F)(F)F)cc3)no2)c1. The van der Waals surface area contributed by atoms with Crippen LogP contribution in [0, 0.1) is 0 Å². The summed E-state index contributed by atoms with van der Waals surface area (Å²) in [5.74, 6) is -0.941. The molecule has 11 heteroatoms. The van der Waals surface area contributed by atoms with Crippen LogP contribution in [0.5, 0.6) is 0 Å². The lowest BCUT2D eigenvalue weighted by Crippen LogP contribution is -2.07. The lowest BCUT2D eigenvalue weighted by Gasteiger charge is -2.05. The lowest BCUT2D eigenvalue weighted by molar-refractivity contribution is -0.137. The smallest absolute Gasteiger partial charge is 0.416 e. The molecule has 0 saturated heterocycles. The molecule has 1 heterocycles. The van der Waals surface area contributed by atoms with Gasteiger partial charge in [0.05, 0.1) is 16.9 Å². The van der Waals surface area contributed by atoms with Crippen molar-refractivity contribution < 1.29 is 35.6 Å². The Morgan fingerprint density at radius 2 is 1.83 bits per heavy atom. The van der Waals surface area contributed by atoms with Gasteiger partial charge in [-0.2, -0.15) is 18.2 Å². The standard InChI is InChI=1S/C19H15F3N2O5S/c1-30(26,27)11-12-3-2-4-14(9-12)18(25)28-10-16-23-17(24-29-16)13-5-7-15(8-6-13)19(20,21)22/h2-9H,10-11H2,1H3. The zero-order valence-electron chi connectivity index (χ0n) is 15.5.